The van der Waals surface area contributed by atoms with Crippen LogP contribution >= 0.6 is 0 Å². The Bertz CT molecular complexity index is 524. The van der Waals surface area contributed by atoms with E-state index in [-0.39, 0.29) is 5.41 Å². The van der Waals surface area contributed by atoms with Crippen molar-refractivity contribution in [3.63, 3.8) is 0 Å². The van der Waals surface area contributed by atoms with Gasteiger partial charge in [-0.1, -0.05) is 44.2 Å². The fourth-order valence-corrected chi connectivity index (χ4v) is 3.28. The number of hydrogen-bond acceptors (Lipinski definition) is 3. The molecule has 0 unspecified atom stereocenters. The summed E-state index contributed by atoms with van der Waals surface area (Å²) >= 11 is 0. The number of likely N-dealkylation sites (N-methyl/N-ethyl adjacent to an activating group) is 1. The molecule has 1 N–H and O–H groups in total. The Hall–Kier alpha value is -1.55. The van der Waals surface area contributed by atoms with Gasteiger partial charge in [-0.25, -0.2) is 4.79 Å². The maximum Gasteiger partial charge on any atom is 0.412 e. The number of hydrogen-bond donors (Lipinski definition) is 1. The van der Waals surface area contributed by atoms with Gasteiger partial charge in [-0.15, -0.1) is 0 Å². The van der Waals surface area contributed by atoms with E-state index >= 15 is 0 Å². The third-order valence-corrected chi connectivity index (χ3v) is 4.71. The van der Waals surface area contributed by atoms with Gasteiger partial charge in [0.1, 0.15) is 0 Å². The Morgan fingerprint density at radius 3 is 2.29 bits per heavy atom. The third kappa shape index (κ3) is 2.53. The van der Waals surface area contributed by atoms with Crippen LogP contribution < -0.4 is 0 Å². The monoisotopic (exact) mass is 291 g/mol. The van der Waals surface area contributed by atoms with Crippen molar-refractivity contribution in [2.75, 3.05) is 6.54 Å². The molecule has 0 aromatic heterocycles. The van der Waals surface area contributed by atoms with Crippen LogP contribution in [0.2, 0.25) is 0 Å². The largest absolute Gasteiger partial charge is 0.438 e. The maximum atomic E-state index is 12.0. The number of amides is 1. The molecule has 1 aromatic rings. The number of carbonyl (C=O) groups excluding carboxylic acids is 1. The van der Waals surface area contributed by atoms with Gasteiger partial charge in [-0.05, 0) is 31.7 Å². The lowest BCUT2D eigenvalue weighted by molar-refractivity contribution is -0.144. The number of ether oxygens (including phenoxy) is 1. The van der Waals surface area contributed by atoms with Gasteiger partial charge >= 0.3 is 6.09 Å². The van der Waals surface area contributed by atoms with E-state index in [4.69, 9.17) is 4.74 Å². The molecule has 4 heteroatoms. The van der Waals surface area contributed by atoms with Crippen LogP contribution in [0.15, 0.2) is 30.3 Å². The van der Waals surface area contributed by atoms with E-state index in [1.165, 1.54) is 4.90 Å². The summed E-state index contributed by atoms with van der Waals surface area (Å²) in [7, 11) is 0. The summed E-state index contributed by atoms with van der Waals surface area (Å²) in [4.78, 5) is 13.4. The molecule has 2 atom stereocenters. The molecule has 0 aliphatic carbocycles. The molecule has 1 heterocycles. The van der Waals surface area contributed by atoms with Crippen LogP contribution in [0.5, 0.6) is 0 Å². The van der Waals surface area contributed by atoms with Crippen LogP contribution in [0, 0.1) is 0 Å². The van der Waals surface area contributed by atoms with E-state index in [1.54, 1.807) is 6.92 Å². The van der Waals surface area contributed by atoms with Gasteiger partial charge in [-0.3, -0.25) is 4.90 Å². The molecule has 1 aliphatic heterocycles. The molecular weight excluding hydrogens is 266 g/mol. The minimum Gasteiger partial charge on any atom is -0.438 e. The molecule has 116 valence electrons. The highest BCUT2D eigenvalue weighted by molar-refractivity contribution is 5.72. The first-order valence-corrected chi connectivity index (χ1v) is 7.42. The fraction of sp³-hybridized carbons (Fsp3) is 0.588. The van der Waals surface area contributed by atoms with E-state index in [2.05, 4.69) is 26.0 Å². The summed E-state index contributed by atoms with van der Waals surface area (Å²) in [6, 6.07) is 10.1. The molecule has 4 nitrogen and oxygen atoms in total. The van der Waals surface area contributed by atoms with Crippen LogP contribution in [-0.4, -0.2) is 34.0 Å². The third-order valence-electron chi connectivity index (χ3n) is 4.71. The summed E-state index contributed by atoms with van der Waals surface area (Å²) in [5.41, 5.74) is -1.32. The first-order chi connectivity index (χ1) is 9.64. The van der Waals surface area contributed by atoms with Gasteiger partial charge in [-0.2, -0.15) is 0 Å². The number of cyclic esters (lactones) is 1. The van der Waals surface area contributed by atoms with Gasteiger partial charge in [0.2, 0.25) is 0 Å². The van der Waals surface area contributed by atoms with E-state index < -0.39 is 17.4 Å². The predicted octanol–water partition coefficient (Wildman–Crippen LogP) is 3.29. The molecule has 2 rings (SSSR count). The van der Waals surface area contributed by atoms with Crippen molar-refractivity contribution in [3.8, 4) is 0 Å². The Morgan fingerprint density at radius 2 is 1.81 bits per heavy atom. The second-order valence-corrected chi connectivity index (χ2v) is 6.79. The van der Waals surface area contributed by atoms with E-state index in [0.29, 0.717) is 13.0 Å². The first-order valence-electron chi connectivity index (χ1n) is 7.42. The second kappa shape index (κ2) is 5.02. The molecule has 1 amide bonds. The molecule has 1 aliphatic rings. The molecule has 1 fully saturated rings. The highest BCUT2D eigenvalue weighted by atomic mass is 16.6. The van der Waals surface area contributed by atoms with Gasteiger partial charge in [0.05, 0.1) is 0 Å². The van der Waals surface area contributed by atoms with Crippen LogP contribution in [0.25, 0.3) is 0 Å². The zero-order valence-electron chi connectivity index (χ0n) is 13.5. The Labute approximate surface area is 126 Å². The minimum atomic E-state index is -1.31. The van der Waals surface area contributed by atoms with Gasteiger partial charge in [0, 0.05) is 13.0 Å². The van der Waals surface area contributed by atoms with Gasteiger partial charge < -0.3 is 9.84 Å². The average Bonchev–Trinajstić information content (AvgIpc) is 2.55. The van der Waals surface area contributed by atoms with Gasteiger partial charge in [0.25, 0.3) is 0 Å². The van der Waals surface area contributed by atoms with E-state index in [9.17, 15) is 9.90 Å². The van der Waals surface area contributed by atoms with Gasteiger partial charge in [0.15, 0.2) is 11.3 Å². The Kier molecular flexibility index (Phi) is 3.79. The molecule has 0 bridgehead atoms. The summed E-state index contributed by atoms with van der Waals surface area (Å²) in [6.45, 7) is 9.93. The van der Waals surface area contributed by atoms with Crippen molar-refractivity contribution in [2.45, 2.75) is 57.8 Å². The highest BCUT2D eigenvalue weighted by Crippen LogP contribution is 2.45. The van der Waals surface area contributed by atoms with Crippen LogP contribution in [0.3, 0.4) is 0 Å². The lowest BCUT2D eigenvalue weighted by Gasteiger charge is -2.41. The van der Waals surface area contributed by atoms with Crippen LogP contribution in [0.4, 0.5) is 4.79 Å². The molecular formula is C17H25NO3. The molecule has 21 heavy (non-hydrogen) atoms. The summed E-state index contributed by atoms with van der Waals surface area (Å²) in [5.74, 6) is 0. The Morgan fingerprint density at radius 1 is 1.24 bits per heavy atom. The number of nitrogens with zero attached hydrogens (tertiary/aromatic N) is 1. The van der Waals surface area contributed by atoms with Crippen molar-refractivity contribution >= 4 is 6.09 Å². The number of benzene rings is 1. The lowest BCUT2D eigenvalue weighted by atomic mass is 9.72. The quantitative estimate of drug-likeness (QED) is 0.926. The highest BCUT2D eigenvalue weighted by Gasteiger charge is 2.60. The second-order valence-electron chi connectivity index (χ2n) is 6.79. The fourth-order valence-electron chi connectivity index (χ4n) is 3.28. The van der Waals surface area contributed by atoms with Crippen molar-refractivity contribution < 1.29 is 14.6 Å². The topological polar surface area (TPSA) is 49.8 Å². The molecule has 0 radical (unpaired) electrons. The SMILES string of the molecule is CCN1C(=O)O[C@@](C)(CC(C)(C)c2ccccc2)[C@]1(C)O. The first kappa shape index (κ1) is 15.8. The summed E-state index contributed by atoms with van der Waals surface area (Å²) in [5, 5.41) is 10.8. The maximum absolute atomic E-state index is 12.0. The van der Waals surface area contributed by atoms with Crippen molar-refractivity contribution in [3.05, 3.63) is 35.9 Å². The molecule has 1 saturated heterocycles. The average molecular weight is 291 g/mol. The van der Waals surface area contributed by atoms with E-state index in [1.807, 2.05) is 32.0 Å². The smallest absolute Gasteiger partial charge is 0.412 e. The lowest BCUT2D eigenvalue weighted by Crippen LogP contribution is -2.56. The summed E-state index contributed by atoms with van der Waals surface area (Å²) in [6.07, 6.45) is 0.0908. The minimum absolute atomic E-state index is 0.218. The number of rotatable bonds is 4. The predicted molar refractivity (Wildman–Crippen MR) is 82.0 cm³/mol. The molecule has 0 spiro atoms. The molecule has 0 saturated carbocycles. The molecule has 1 aromatic carbocycles. The zero-order chi connectivity index (χ0) is 15.9. The summed E-state index contributed by atoms with van der Waals surface area (Å²) < 4.78 is 5.56. The normalized spacial score (nSPS) is 29.6. The van der Waals surface area contributed by atoms with Crippen LogP contribution in [0.1, 0.15) is 46.6 Å². The Balaban J connectivity index is 2.32. The van der Waals surface area contributed by atoms with E-state index in [0.717, 1.165) is 5.56 Å². The van der Waals surface area contributed by atoms with Crippen molar-refractivity contribution in [2.24, 2.45) is 0 Å². The van der Waals surface area contributed by atoms with Crippen molar-refractivity contribution in [1.29, 1.82) is 0 Å². The zero-order valence-corrected chi connectivity index (χ0v) is 13.5. The van der Waals surface area contributed by atoms with Crippen LogP contribution in [-0.2, 0) is 10.2 Å². The number of aliphatic hydroxyl groups is 1. The number of carbonyl (C=O) groups is 1. The standard InChI is InChI=1S/C17H25NO3/c1-6-18-14(19)21-16(4,17(18,5)20)12-15(2,3)13-10-8-7-9-11-13/h7-11,20H,6,12H2,1-5H3/t16-,17-/m0/s1. The van der Waals surface area contributed by atoms with Crippen molar-refractivity contribution in [1.82, 2.24) is 4.90 Å².